The van der Waals surface area contributed by atoms with Crippen LogP contribution in [0.2, 0.25) is 0 Å². The second kappa shape index (κ2) is 26.4. The van der Waals surface area contributed by atoms with Crippen molar-refractivity contribution >= 4 is 77.4 Å². The summed E-state index contributed by atoms with van der Waals surface area (Å²) in [7, 11) is 4.19. The van der Waals surface area contributed by atoms with E-state index in [0.29, 0.717) is 127 Å². The molecule has 500 valence electrons. The van der Waals surface area contributed by atoms with Crippen LogP contribution in [0.15, 0.2) is 97.6 Å². The van der Waals surface area contributed by atoms with Crippen molar-refractivity contribution in [1.82, 2.24) is 59.6 Å². The van der Waals surface area contributed by atoms with Crippen LogP contribution in [0.25, 0.3) is 87.7 Å². The zero-order chi connectivity index (χ0) is 68.5. The number of carbonyl (C=O) groups excluding carboxylic acids is 2. The average Bonchev–Trinajstić information content (AvgIpc) is 1.72. The van der Waals surface area contributed by atoms with Gasteiger partial charge < -0.3 is 24.0 Å². The van der Waals surface area contributed by atoms with Gasteiger partial charge in [0.2, 0.25) is 17.7 Å². The maximum atomic E-state index is 17.3. The van der Waals surface area contributed by atoms with Gasteiger partial charge in [-0.3, -0.25) is 14.6 Å². The molecule has 4 saturated heterocycles. The summed E-state index contributed by atoms with van der Waals surface area (Å²) >= 11 is 0. The number of likely N-dealkylation sites (tertiary alicyclic amines) is 4. The zero-order valence-electron chi connectivity index (χ0n) is 57.0. The average molecular weight is 1310 g/mol. The molecule has 8 atom stereocenters. The SMILES string of the molecule is C=CC(=O)N1CC[C@H](n2nnc3c(O[C@@H](C)[C@@H]4CCCN4C)nc4c(F)c(-c5cccc6cccc(C#N)c56)c(C)cc4c32)C[C@H]1C.Cc1cc2c(nc(O[C@@H](C)[C@@H]3CCCN3C)c3nnn([C@H]4CCN(C(=O)OC(C)(C)C)[C@H](C)C4)c32)c(F)c1-c1cccc2cccc(C#N)c12. The first kappa shape index (κ1) is 65.9. The monoisotopic (exact) mass is 1310 g/mol. The summed E-state index contributed by atoms with van der Waals surface area (Å²) in [6.07, 6.45) is 7.32. The molecule has 19 nitrogen and oxygen atoms in total. The van der Waals surface area contributed by atoms with Gasteiger partial charge in [-0.15, -0.1) is 10.2 Å². The number of aryl methyl sites for hydroxylation is 2. The van der Waals surface area contributed by atoms with Crippen LogP contribution in [0.4, 0.5) is 13.6 Å². The van der Waals surface area contributed by atoms with E-state index >= 15 is 8.78 Å². The Hall–Kier alpha value is -9.70. The first-order valence-corrected chi connectivity index (χ1v) is 33.8. The lowest BCUT2D eigenvalue weighted by Gasteiger charge is -2.38. The highest BCUT2D eigenvalue weighted by Crippen LogP contribution is 2.45. The Labute approximate surface area is 563 Å². The topological polar surface area (TPSA) is 210 Å². The van der Waals surface area contributed by atoms with Crippen molar-refractivity contribution < 1.29 is 32.6 Å². The second-order valence-electron chi connectivity index (χ2n) is 28.0. The predicted molar refractivity (Wildman–Crippen MR) is 372 cm³/mol. The summed E-state index contributed by atoms with van der Waals surface area (Å²) in [4.78, 5) is 43.4. The molecule has 4 fully saturated rings. The van der Waals surface area contributed by atoms with Crippen LogP contribution in [0.3, 0.4) is 0 Å². The van der Waals surface area contributed by atoms with Crippen LogP contribution < -0.4 is 9.47 Å². The number of hydrogen-bond acceptors (Lipinski definition) is 15. The molecule has 4 aromatic heterocycles. The number of ether oxygens (including phenoxy) is 3. The predicted octanol–water partition coefficient (Wildman–Crippen LogP) is 14.7. The van der Waals surface area contributed by atoms with E-state index in [1.807, 2.05) is 149 Å². The number of aromatic nitrogens is 8. The van der Waals surface area contributed by atoms with Crippen molar-refractivity contribution in [2.24, 2.45) is 0 Å². The fourth-order valence-electron chi connectivity index (χ4n) is 15.8. The van der Waals surface area contributed by atoms with Gasteiger partial charge in [-0.05, 0) is 204 Å². The molecule has 0 aliphatic carbocycles. The van der Waals surface area contributed by atoms with Crippen molar-refractivity contribution in [3.8, 4) is 46.2 Å². The third-order valence-electron chi connectivity index (χ3n) is 20.5. The Bertz CT molecular complexity index is 4860. The van der Waals surface area contributed by atoms with Crippen LogP contribution in [-0.4, -0.2) is 154 Å². The largest absolute Gasteiger partial charge is 0.471 e. The standard InChI is InChI=1S/C39H44FN7O3.C37H38FN7O2/c1-22-19-29-34(33(40)31(22)28-14-9-12-25-11-8-13-26(21-41)32(25)28)42-37(49-24(3)30-15-10-17-45(30)7)35-36(29)47(44-43-35)27-16-18-46(23(2)20-27)38(48)50-39(4,5)6;1-6-30(46)44-17-15-26(19-22(44)3)45-36-28-18-21(2)31(27-13-8-11-24-10-7-12-25(20-39)32(24)27)33(38)34(28)40-37(35(36)41-42-45)47-23(4)29-14-9-16-43(29)5/h8-9,11-14,19,23-24,27,30H,10,15-18,20H2,1-7H3;6-8,10-13,18,22-23,26,29H,1,9,14-17,19H2,2-5H3/t23-,24+,27+,30+;22-,23+,26+,29+/m11/s1. The van der Waals surface area contributed by atoms with Crippen LogP contribution in [0, 0.1) is 48.1 Å². The number of nitrogens with zero attached hydrogens (tertiary/aromatic N) is 14. The van der Waals surface area contributed by atoms with Crippen molar-refractivity contribution in [1.29, 1.82) is 10.5 Å². The molecule has 21 heteroatoms. The molecular formula is C76H82F2N14O5. The van der Waals surface area contributed by atoms with Crippen LogP contribution in [-0.2, 0) is 9.53 Å². The number of fused-ring (bicyclic) bond motifs is 8. The van der Waals surface area contributed by atoms with Crippen LogP contribution in [0.1, 0.15) is 134 Å². The van der Waals surface area contributed by atoms with E-state index < -0.39 is 17.2 Å². The second-order valence-corrected chi connectivity index (χ2v) is 28.0. The molecule has 4 aliphatic rings. The van der Waals surface area contributed by atoms with Gasteiger partial charge in [0.25, 0.3) is 0 Å². The number of piperidine rings is 2. The number of benzene rings is 6. The van der Waals surface area contributed by atoms with Crippen molar-refractivity contribution in [2.45, 2.75) is 168 Å². The van der Waals surface area contributed by atoms with Gasteiger partial charge in [0.1, 0.15) is 39.9 Å². The maximum Gasteiger partial charge on any atom is 0.410 e. The maximum absolute atomic E-state index is 17.3. The third-order valence-corrected chi connectivity index (χ3v) is 20.5. The third kappa shape index (κ3) is 12.1. The Morgan fingerprint density at radius 2 is 1.05 bits per heavy atom. The van der Waals surface area contributed by atoms with E-state index in [0.717, 1.165) is 49.5 Å². The Morgan fingerprint density at radius 3 is 1.43 bits per heavy atom. The molecule has 97 heavy (non-hydrogen) atoms. The van der Waals surface area contributed by atoms with Crippen molar-refractivity contribution in [3.63, 3.8) is 0 Å². The first-order valence-electron chi connectivity index (χ1n) is 33.8. The number of likely N-dealkylation sites (N-methyl/N-ethyl adjacent to an activating group) is 2. The van der Waals surface area contributed by atoms with Gasteiger partial charge >= 0.3 is 6.09 Å². The Balaban J connectivity index is 0.000000175. The molecule has 14 rings (SSSR count). The molecule has 2 amide bonds. The van der Waals surface area contributed by atoms with E-state index in [2.05, 4.69) is 63.2 Å². The number of amides is 2. The Morgan fingerprint density at radius 1 is 0.629 bits per heavy atom. The molecule has 6 aromatic carbocycles. The van der Waals surface area contributed by atoms with E-state index in [-0.39, 0.29) is 83.3 Å². The van der Waals surface area contributed by atoms with Crippen LogP contribution >= 0.6 is 0 Å². The highest BCUT2D eigenvalue weighted by molar-refractivity contribution is 6.10. The summed E-state index contributed by atoms with van der Waals surface area (Å²) in [5, 5.41) is 42.8. The lowest BCUT2D eigenvalue weighted by atomic mass is 9.91. The summed E-state index contributed by atoms with van der Waals surface area (Å²) in [5.41, 5.74) is 6.48. The van der Waals surface area contributed by atoms with Gasteiger partial charge in [-0.1, -0.05) is 77.7 Å². The molecule has 0 N–H and O–H groups in total. The Kier molecular flexibility index (Phi) is 17.9. The summed E-state index contributed by atoms with van der Waals surface area (Å²) in [6.45, 7) is 24.1. The molecule has 8 heterocycles. The number of halogens is 2. The van der Waals surface area contributed by atoms with E-state index in [1.54, 1.807) is 17.0 Å². The van der Waals surface area contributed by atoms with Gasteiger partial charge in [0.05, 0.1) is 35.3 Å². The van der Waals surface area contributed by atoms with Gasteiger partial charge in [-0.25, -0.2) is 32.9 Å². The molecule has 0 bridgehead atoms. The van der Waals surface area contributed by atoms with Gasteiger partial charge in [0, 0.05) is 69.9 Å². The minimum absolute atomic E-state index is 0.0361. The van der Waals surface area contributed by atoms with E-state index in [9.17, 15) is 20.1 Å². The van der Waals surface area contributed by atoms with Crippen LogP contribution in [0.5, 0.6) is 11.8 Å². The molecular weight excluding hydrogens is 1230 g/mol. The lowest BCUT2D eigenvalue weighted by Crippen LogP contribution is -2.47. The minimum atomic E-state index is -0.592. The minimum Gasteiger partial charge on any atom is -0.471 e. The van der Waals surface area contributed by atoms with Crippen molar-refractivity contribution in [2.75, 3.05) is 40.3 Å². The van der Waals surface area contributed by atoms with Crippen molar-refractivity contribution in [3.05, 3.63) is 131 Å². The number of nitriles is 2. The number of carbonyl (C=O) groups is 2. The number of pyridine rings is 2. The highest BCUT2D eigenvalue weighted by Gasteiger charge is 2.38. The normalized spacial score (nSPS) is 20.9. The fraction of sp³-hybridized carbons (Fsp3) is 0.421. The zero-order valence-corrected chi connectivity index (χ0v) is 57.0. The van der Waals surface area contributed by atoms with Gasteiger partial charge in [-0.2, -0.15) is 10.5 Å². The smallest absolute Gasteiger partial charge is 0.410 e. The quantitative estimate of drug-likeness (QED) is 0.110. The molecule has 4 aliphatic heterocycles. The van der Waals surface area contributed by atoms with Gasteiger partial charge in [0.15, 0.2) is 22.7 Å². The molecule has 10 aromatic rings. The fourth-order valence-corrected chi connectivity index (χ4v) is 15.8. The summed E-state index contributed by atoms with van der Waals surface area (Å²) in [6, 6.07) is 31.0. The summed E-state index contributed by atoms with van der Waals surface area (Å²) < 4.78 is 57.1. The summed E-state index contributed by atoms with van der Waals surface area (Å²) in [5.74, 6) is -0.559. The highest BCUT2D eigenvalue weighted by atomic mass is 19.1. The number of rotatable bonds is 11. The molecule has 0 radical (unpaired) electrons. The first-order chi connectivity index (χ1) is 46.6. The molecule has 0 saturated carbocycles. The van der Waals surface area contributed by atoms with E-state index in [4.69, 9.17) is 24.2 Å². The number of hydrogen-bond donors (Lipinski definition) is 0. The lowest BCUT2D eigenvalue weighted by molar-refractivity contribution is -0.129. The molecule has 0 spiro atoms. The molecule has 0 unspecified atom stereocenters. The van der Waals surface area contributed by atoms with E-state index in [1.165, 1.54) is 6.08 Å².